The van der Waals surface area contributed by atoms with Crippen LogP contribution in [0.3, 0.4) is 0 Å². The van der Waals surface area contributed by atoms with Crippen LogP contribution in [-0.4, -0.2) is 5.11 Å². The van der Waals surface area contributed by atoms with Crippen LogP contribution in [0.1, 0.15) is 48.6 Å². The van der Waals surface area contributed by atoms with E-state index in [2.05, 4.69) is 28.9 Å². The van der Waals surface area contributed by atoms with Crippen molar-refractivity contribution in [3.05, 3.63) is 20.3 Å². The fourth-order valence-electron chi connectivity index (χ4n) is 5.44. The van der Waals surface area contributed by atoms with Gasteiger partial charge in [0, 0.05) is 4.88 Å². The fourth-order valence-corrected chi connectivity index (χ4v) is 7.19. The summed E-state index contributed by atoms with van der Waals surface area (Å²) in [7, 11) is 0. The highest BCUT2D eigenvalue weighted by Gasteiger charge is 2.50. The van der Waals surface area contributed by atoms with E-state index in [0.29, 0.717) is 5.92 Å². The Morgan fingerprint density at radius 1 is 1.16 bits per heavy atom. The van der Waals surface area contributed by atoms with Gasteiger partial charge in [-0.1, -0.05) is 0 Å². The molecule has 1 aromatic rings. The summed E-state index contributed by atoms with van der Waals surface area (Å²) in [5.41, 5.74) is 1.19. The number of hydrogen-bond donors (Lipinski definition) is 1. The third kappa shape index (κ3) is 2.04. The van der Waals surface area contributed by atoms with Crippen molar-refractivity contribution in [2.45, 2.75) is 45.1 Å². The van der Waals surface area contributed by atoms with E-state index in [1.807, 2.05) is 0 Å². The average molecular weight is 341 g/mol. The Hall–Kier alpha value is 0.140. The van der Waals surface area contributed by atoms with Crippen LogP contribution in [-0.2, 0) is 0 Å². The van der Waals surface area contributed by atoms with Crippen LogP contribution < -0.4 is 0 Å². The van der Waals surface area contributed by atoms with Crippen LogP contribution in [0.2, 0.25) is 0 Å². The Labute approximate surface area is 127 Å². The summed E-state index contributed by atoms with van der Waals surface area (Å²) in [6.07, 6.45) is 6.81. The van der Waals surface area contributed by atoms with Crippen LogP contribution in [0, 0.1) is 36.5 Å². The molecule has 1 nitrogen and oxygen atoms in total. The van der Waals surface area contributed by atoms with Gasteiger partial charge in [-0.25, -0.2) is 0 Å². The molecule has 1 N–H and O–H groups in total. The van der Waals surface area contributed by atoms with Gasteiger partial charge in [0.05, 0.1) is 9.89 Å². The lowest BCUT2D eigenvalue weighted by Crippen LogP contribution is -2.47. The molecule has 1 heterocycles. The van der Waals surface area contributed by atoms with Gasteiger partial charge >= 0.3 is 0 Å². The first kappa shape index (κ1) is 12.8. The van der Waals surface area contributed by atoms with Crippen molar-refractivity contribution in [3.8, 4) is 0 Å². The van der Waals surface area contributed by atoms with Gasteiger partial charge in [-0.3, -0.25) is 0 Å². The molecule has 3 heteroatoms. The van der Waals surface area contributed by atoms with Crippen molar-refractivity contribution in [1.29, 1.82) is 0 Å². The largest absolute Gasteiger partial charge is 0.388 e. The Balaban J connectivity index is 1.63. The Kier molecular flexibility index (Phi) is 3.09. The molecule has 4 saturated carbocycles. The maximum Gasteiger partial charge on any atom is 0.0834 e. The highest BCUT2D eigenvalue weighted by Crippen LogP contribution is 2.59. The van der Waals surface area contributed by atoms with Crippen molar-refractivity contribution >= 4 is 27.3 Å². The first-order chi connectivity index (χ1) is 9.11. The normalized spacial score (nSPS) is 41.7. The topological polar surface area (TPSA) is 20.2 Å². The zero-order valence-electron chi connectivity index (χ0n) is 11.3. The molecule has 5 rings (SSSR count). The lowest BCUT2D eigenvalue weighted by Gasteiger charge is -2.55. The van der Waals surface area contributed by atoms with Crippen LogP contribution in [0.5, 0.6) is 0 Å². The molecule has 0 aliphatic heterocycles. The zero-order valence-corrected chi connectivity index (χ0v) is 13.7. The van der Waals surface area contributed by atoms with Crippen LogP contribution in [0.25, 0.3) is 0 Å². The van der Waals surface area contributed by atoms with E-state index in [1.165, 1.54) is 42.5 Å². The first-order valence-corrected chi connectivity index (χ1v) is 9.16. The van der Waals surface area contributed by atoms with E-state index in [9.17, 15) is 5.11 Å². The van der Waals surface area contributed by atoms with Crippen LogP contribution in [0.4, 0.5) is 0 Å². The Morgan fingerprint density at radius 2 is 1.74 bits per heavy atom. The molecule has 0 radical (unpaired) electrons. The van der Waals surface area contributed by atoms with Gasteiger partial charge in [0.1, 0.15) is 0 Å². The number of aliphatic hydroxyl groups is 1. The van der Waals surface area contributed by atoms with Gasteiger partial charge in [0.15, 0.2) is 0 Å². The van der Waals surface area contributed by atoms with Gasteiger partial charge < -0.3 is 5.11 Å². The number of aryl methyl sites for hydroxylation is 1. The average Bonchev–Trinajstić information content (AvgIpc) is 2.66. The maximum atomic E-state index is 10.9. The molecule has 4 bridgehead atoms. The second kappa shape index (κ2) is 4.57. The van der Waals surface area contributed by atoms with Crippen molar-refractivity contribution in [2.75, 3.05) is 0 Å². The molecule has 104 valence electrons. The minimum absolute atomic E-state index is 0.224. The number of rotatable bonds is 2. The summed E-state index contributed by atoms with van der Waals surface area (Å²) in [5.74, 6) is 4.10. The summed E-state index contributed by atoms with van der Waals surface area (Å²) < 4.78 is 1.16. The Morgan fingerprint density at radius 3 is 2.21 bits per heavy atom. The zero-order chi connectivity index (χ0) is 13.1. The van der Waals surface area contributed by atoms with Crippen LogP contribution >= 0.6 is 27.3 Å². The molecule has 0 amide bonds. The molecular weight excluding hydrogens is 320 g/mol. The van der Waals surface area contributed by atoms with E-state index in [0.717, 1.165) is 27.5 Å². The maximum absolute atomic E-state index is 10.9. The second-order valence-corrected chi connectivity index (χ2v) is 9.65. The van der Waals surface area contributed by atoms with Crippen molar-refractivity contribution in [2.24, 2.45) is 29.6 Å². The van der Waals surface area contributed by atoms with E-state index in [1.54, 1.807) is 11.3 Å². The van der Waals surface area contributed by atoms with Crippen molar-refractivity contribution in [3.63, 3.8) is 0 Å². The van der Waals surface area contributed by atoms with E-state index < -0.39 is 0 Å². The number of thiophene rings is 1. The molecule has 0 spiro atoms. The molecule has 4 aliphatic carbocycles. The molecule has 4 fully saturated rings. The van der Waals surface area contributed by atoms with Gasteiger partial charge in [0.2, 0.25) is 0 Å². The predicted molar refractivity (Wildman–Crippen MR) is 82.3 cm³/mol. The van der Waals surface area contributed by atoms with E-state index in [4.69, 9.17) is 0 Å². The summed E-state index contributed by atoms with van der Waals surface area (Å²) in [6.45, 7) is 2.14. The predicted octanol–water partition coefficient (Wildman–Crippen LogP) is 4.92. The fraction of sp³-hybridized carbons (Fsp3) is 0.750. The van der Waals surface area contributed by atoms with E-state index in [-0.39, 0.29) is 6.10 Å². The third-order valence-corrected chi connectivity index (χ3v) is 7.48. The Bertz CT molecular complexity index is 467. The van der Waals surface area contributed by atoms with Crippen molar-refractivity contribution in [1.82, 2.24) is 0 Å². The summed E-state index contributed by atoms with van der Waals surface area (Å²) >= 11 is 5.32. The first-order valence-electron chi connectivity index (χ1n) is 7.55. The van der Waals surface area contributed by atoms with Gasteiger partial charge in [0.25, 0.3) is 0 Å². The highest BCUT2D eigenvalue weighted by atomic mass is 79.9. The smallest absolute Gasteiger partial charge is 0.0834 e. The number of halogens is 1. The van der Waals surface area contributed by atoms with Gasteiger partial charge in [-0.15, -0.1) is 11.3 Å². The molecule has 1 unspecified atom stereocenters. The third-order valence-electron chi connectivity index (χ3n) is 5.91. The standard InChI is InChI=1S/C16H21BrOS/c1-8-13(7-14(17)19-8)16(18)15-11-3-9-2-10(5-11)6-12(15)4-9/h7,9-12,15-16,18H,2-6H2,1H3. The number of hydrogen-bond acceptors (Lipinski definition) is 2. The minimum atomic E-state index is -0.224. The monoisotopic (exact) mass is 340 g/mol. The quantitative estimate of drug-likeness (QED) is 0.809. The lowest BCUT2D eigenvalue weighted by atomic mass is 9.50. The minimum Gasteiger partial charge on any atom is -0.388 e. The molecule has 19 heavy (non-hydrogen) atoms. The molecule has 0 aromatic carbocycles. The highest BCUT2D eigenvalue weighted by molar-refractivity contribution is 9.11. The summed E-state index contributed by atoms with van der Waals surface area (Å²) in [4.78, 5) is 1.29. The van der Waals surface area contributed by atoms with Crippen LogP contribution in [0.15, 0.2) is 9.85 Å². The summed E-state index contributed by atoms with van der Waals surface area (Å²) in [6, 6.07) is 2.15. The molecule has 4 aliphatic rings. The molecular formula is C16H21BrOS. The number of aliphatic hydroxyl groups excluding tert-OH is 1. The van der Waals surface area contributed by atoms with Gasteiger partial charge in [-0.2, -0.15) is 0 Å². The second-order valence-electron chi connectivity index (χ2n) is 7.01. The molecule has 0 saturated heterocycles. The molecule has 1 atom stereocenters. The van der Waals surface area contributed by atoms with Crippen molar-refractivity contribution < 1.29 is 5.11 Å². The van der Waals surface area contributed by atoms with Gasteiger partial charge in [-0.05, 0) is 96.2 Å². The van der Waals surface area contributed by atoms with E-state index >= 15 is 0 Å². The molecule has 1 aromatic heterocycles. The lowest BCUT2D eigenvalue weighted by molar-refractivity contribution is -0.0908. The summed E-state index contributed by atoms with van der Waals surface area (Å²) in [5, 5.41) is 10.9. The SMILES string of the molecule is Cc1sc(Br)cc1C(O)C1C2CC3CC(C2)CC1C3.